The number of aliphatic hydroxyl groups is 1. The summed E-state index contributed by atoms with van der Waals surface area (Å²) in [6.07, 6.45) is 0.417. The van der Waals surface area contributed by atoms with Crippen LogP contribution < -0.4 is 9.46 Å². The van der Waals surface area contributed by atoms with Gasteiger partial charge in [0.1, 0.15) is 16.2 Å². The molecule has 7 heteroatoms. The van der Waals surface area contributed by atoms with Crippen molar-refractivity contribution < 1.29 is 23.0 Å². The highest BCUT2D eigenvalue weighted by Crippen LogP contribution is 2.25. The molecule has 2 N–H and O–H groups in total. The molecule has 20 heavy (non-hydrogen) atoms. The second kappa shape index (κ2) is 5.69. The maximum Gasteiger partial charge on any atom is 0.244 e. The van der Waals surface area contributed by atoms with Crippen LogP contribution in [0.1, 0.15) is 12.0 Å². The van der Waals surface area contributed by atoms with Crippen LogP contribution in [0, 0.1) is 6.92 Å². The van der Waals surface area contributed by atoms with Gasteiger partial charge < -0.3 is 14.6 Å². The summed E-state index contributed by atoms with van der Waals surface area (Å²) in [5.41, 5.74) is -0.321. The molecule has 0 saturated carbocycles. The molecule has 0 radical (unpaired) electrons. The minimum atomic E-state index is -3.74. The second-order valence-electron chi connectivity index (χ2n) is 5.01. The summed E-state index contributed by atoms with van der Waals surface area (Å²) < 4.78 is 37.2. The summed E-state index contributed by atoms with van der Waals surface area (Å²) in [4.78, 5) is 0.0718. The Balaban J connectivity index is 2.20. The third kappa shape index (κ3) is 3.29. The van der Waals surface area contributed by atoms with Gasteiger partial charge in [-0.05, 0) is 24.6 Å². The van der Waals surface area contributed by atoms with Gasteiger partial charge in [-0.3, -0.25) is 0 Å². The van der Waals surface area contributed by atoms with Crippen molar-refractivity contribution in [3.63, 3.8) is 0 Å². The molecule has 1 aliphatic rings. The number of ether oxygens (including phenoxy) is 2. The van der Waals surface area contributed by atoms with Crippen molar-refractivity contribution in [2.45, 2.75) is 23.8 Å². The lowest BCUT2D eigenvalue weighted by atomic mass is 10.1. The van der Waals surface area contributed by atoms with Crippen LogP contribution in [-0.4, -0.2) is 46.0 Å². The lowest BCUT2D eigenvalue weighted by Gasteiger charge is -2.21. The molecule has 1 aliphatic heterocycles. The number of rotatable bonds is 5. The van der Waals surface area contributed by atoms with Gasteiger partial charge in [-0.15, -0.1) is 0 Å². The van der Waals surface area contributed by atoms with Crippen molar-refractivity contribution >= 4 is 10.0 Å². The number of methoxy groups -OCH3 is 1. The van der Waals surface area contributed by atoms with Crippen LogP contribution in [0.4, 0.5) is 0 Å². The molecule has 1 fully saturated rings. The van der Waals surface area contributed by atoms with Crippen molar-refractivity contribution in [3.05, 3.63) is 23.8 Å². The van der Waals surface area contributed by atoms with E-state index in [0.29, 0.717) is 13.0 Å². The molecule has 0 bridgehead atoms. The molecule has 2 rings (SSSR count). The van der Waals surface area contributed by atoms with E-state index in [-0.39, 0.29) is 23.8 Å². The predicted molar refractivity (Wildman–Crippen MR) is 73.3 cm³/mol. The van der Waals surface area contributed by atoms with E-state index in [1.807, 2.05) is 0 Å². The lowest BCUT2D eigenvalue weighted by molar-refractivity contribution is 0.0314. The zero-order valence-corrected chi connectivity index (χ0v) is 12.4. The van der Waals surface area contributed by atoms with Gasteiger partial charge in [0.15, 0.2) is 0 Å². The first-order valence-corrected chi connectivity index (χ1v) is 7.79. The van der Waals surface area contributed by atoms with Crippen LogP contribution >= 0.6 is 0 Å². The molecule has 1 heterocycles. The standard InChI is InChI=1S/C13H19NO5S/c1-10-3-4-11(18-2)12(7-10)20(16,17)14-8-13(15)5-6-19-9-13/h3-4,7,14-15H,5-6,8-9H2,1-2H3. The molecule has 1 saturated heterocycles. The van der Waals surface area contributed by atoms with Crippen LogP contribution in [0.5, 0.6) is 5.75 Å². The number of nitrogens with one attached hydrogen (secondary N) is 1. The minimum absolute atomic E-state index is 0.0718. The van der Waals surface area contributed by atoms with Crippen molar-refractivity contribution in [2.24, 2.45) is 0 Å². The highest BCUT2D eigenvalue weighted by molar-refractivity contribution is 7.89. The molecule has 112 valence electrons. The van der Waals surface area contributed by atoms with E-state index in [4.69, 9.17) is 9.47 Å². The molecule has 0 amide bonds. The van der Waals surface area contributed by atoms with E-state index in [1.54, 1.807) is 19.1 Å². The smallest absolute Gasteiger partial charge is 0.244 e. The Labute approximate surface area is 118 Å². The Morgan fingerprint density at radius 2 is 2.25 bits per heavy atom. The maximum atomic E-state index is 12.3. The third-order valence-corrected chi connectivity index (χ3v) is 4.70. The Bertz CT molecular complexity index is 578. The van der Waals surface area contributed by atoms with Gasteiger partial charge in [0.05, 0.1) is 13.7 Å². The van der Waals surface area contributed by atoms with Gasteiger partial charge in [-0.2, -0.15) is 0 Å². The van der Waals surface area contributed by atoms with E-state index in [2.05, 4.69) is 4.72 Å². The Morgan fingerprint density at radius 1 is 1.50 bits per heavy atom. The Kier molecular flexibility index (Phi) is 4.33. The average Bonchev–Trinajstić information content (AvgIpc) is 2.84. The fraction of sp³-hybridized carbons (Fsp3) is 0.538. The maximum absolute atomic E-state index is 12.3. The summed E-state index contributed by atoms with van der Waals surface area (Å²) in [6.45, 7) is 2.30. The van der Waals surface area contributed by atoms with Crippen LogP contribution in [0.2, 0.25) is 0 Å². The fourth-order valence-corrected chi connectivity index (χ4v) is 3.41. The molecule has 6 nitrogen and oxygen atoms in total. The molecule has 1 aromatic rings. The molecule has 1 atom stereocenters. The van der Waals surface area contributed by atoms with Crippen LogP contribution in [0.3, 0.4) is 0 Å². The normalized spacial score (nSPS) is 22.9. The lowest BCUT2D eigenvalue weighted by Crippen LogP contribution is -2.43. The Morgan fingerprint density at radius 3 is 2.85 bits per heavy atom. The van der Waals surface area contributed by atoms with Gasteiger partial charge in [-0.25, -0.2) is 13.1 Å². The first-order chi connectivity index (χ1) is 9.36. The van der Waals surface area contributed by atoms with Gasteiger partial charge in [0.2, 0.25) is 10.0 Å². The monoisotopic (exact) mass is 301 g/mol. The largest absolute Gasteiger partial charge is 0.495 e. The first kappa shape index (κ1) is 15.2. The summed E-state index contributed by atoms with van der Waals surface area (Å²) in [7, 11) is -2.32. The highest BCUT2D eigenvalue weighted by atomic mass is 32.2. The zero-order valence-electron chi connectivity index (χ0n) is 11.5. The summed E-state index contributed by atoms with van der Waals surface area (Å²) in [6, 6.07) is 4.92. The van der Waals surface area contributed by atoms with Crippen LogP contribution in [0.25, 0.3) is 0 Å². The van der Waals surface area contributed by atoms with E-state index >= 15 is 0 Å². The number of hydrogen-bond acceptors (Lipinski definition) is 5. The molecule has 0 spiro atoms. The summed E-state index contributed by atoms with van der Waals surface area (Å²) >= 11 is 0. The van der Waals surface area contributed by atoms with Crippen molar-refractivity contribution in [3.8, 4) is 5.75 Å². The number of benzene rings is 1. The van der Waals surface area contributed by atoms with Gasteiger partial charge in [0.25, 0.3) is 0 Å². The van der Waals surface area contributed by atoms with Crippen molar-refractivity contribution in [2.75, 3.05) is 26.9 Å². The third-order valence-electron chi connectivity index (χ3n) is 3.28. The van der Waals surface area contributed by atoms with Gasteiger partial charge >= 0.3 is 0 Å². The minimum Gasteiger partial charge on any atom is -0.495 e. The van der Waals surface area contributed by atoms with E-state index in [0.717, 1.165) is 5.56 Å². The van der Waals surface area contributed by atoms with E-state index in [9.17, 15) is 13.5 Å². The molecular weight excluding hydrogens is 282 g/mol. The molecule has 0 aromatic heterocycles. The van der Waals surface area contributed by atoms with Crippen molar-refractivity contribution in [1.29, 1.82) is 0 Å². The quantitative estimate of drug-likeness (QED) is 0.824. The fourth-order valence-electron chi connectivity index (χ4n) is 2.04. The van der Waals surface area contributed by atoms with Crippen LogP contribution in [0.15, 0.2) is 23.1 Å². The Hall–Kier alpha value is -1.15. The van der Waals surface area contributed by atoms with E-state index in [1.165, 1.54) is 13.2 Å². The molecular formula is C13H19NO5S. The number of sulfonamides is 1. The van der Waals surface area contributed by atoms with Gasteiger partial charge in [0, 0.05) is 19.6 Å². The molecule has 0 aliphatic carbocycles. The summed E-state index contributed by atoms with van der Waals surface area (Å²) in [5, 5.41) is 10.1. The average molecular weight is 301 g/mol. The highest BCUT2D eigenvalue weighted by Gasteiger charge is 2.34. The SMILES string of the molecule is COc1ccc(C)cc1S(=O)(=O)NCC1(O)CCOC1. The van der Waals surface area contributed by atoms with Crippen LogP contribution in [-0.2, 0) is 14.8 Å². The molecule has 1 unspecified atom stereocenters. The second-order valence-corrected chi connectivity index (χ2v) is 6.74. The molecule has 1 aromatic carbocycles. The van der Waals surface area contributed by atoms with Gasteiger partial charge in [-0.1, -0.05) is 6.07 Å². The van der Waals surface area contributed by atoms with E-state index < -0.39 is 15.6 Å². The zero-order chi connectivity index (χ0) is 14.8. The van der Waals surface area contributed by atoms with Crippen molar-refractivity contribution in [1.82, 2.24) is 4.72 Å². The number of aryl methyl sites for hydroxylation is 1. The first-order valence-electron chi connectivity index (χ1n) is 6.31. The topological polar surface area (TPSA) is 84.9 Å². The number of hydrogen-bond donors (Lipinski definition) is 2. The predicted octanol–water partition coefficient (Wildman–Crippen LogP) is 0.433. The summed E-state index contributed by atoms with van der Waals surface area (Å²) in [5.74, 6) is 0.276.